The van der Waals surface area contributed by atoms with Crippen molar-refractivity contribution < 1.29 is 27.5 Å². The van der Waals surface area contributed by atoms with E-state index >= 15 is 0 Å². The van der Waals surface area contributed by atoms with Crippen molar-refractivity contribution >= 4 is 33.1 Å². The third kappa shape index (κ3) is 2.20. The van der Waals surface area contributed by atoms with Crippen LogP contribution >= 0.6 is 11.3 Å². The number of thiophene rings is 1. The lowest BCUT2D eigenvalue weighted by molar-refractivity contribution is -0.161. The molecule has 1 fully saturated rings. The van der Waals surface area contributed by atoms with Crippen LogP contribution in [-0.4, -0.2) is 39.3 Å². The van der Waals surface area contributed by atoms with Gasteiger partial charge in [0.25, 0.3) is 0 Å². The molecule has 2 atom stereocenters. The van der Waals surface area contributed by atoms with Crippen LogP contribution in [0.15, 0.2) is 52.7 Å². The van der Waals surface area contributed by atoms with E-state index in [9.17, 15) is 23.3 Å². The van der Waals surface area contributed by atoms with Crippen LogP contribution in [-0.2, 0) is 28.9 Å². The quantitative estimate of drug-likeness (QED) is 0.552. The lowest BCUT2D eigenvalue weighted by Gasteiger charge is -2.17. The molecule has 1 heterocycles. The molecule has 0 radical (unpaired) electrons. The van der Waals surface area contributed by atoms with E-state index in [1.165, 1.54) is 24.3 Å². The van der Waals surface area contributed by atoms with E-state index in [0.29, 0.717) is 4.88 Å². The van der Waals surface area contributed by atoms with Gasteiger partial charge in [0.2, 0.25) is 5.41 Å². The second kappa shape index (κ2) is 6.48. The van der Waals surface area contributed by atoms with E-state index in [0.717, 1.165) is 25.6 Å². The zero-order valence-corrected chi connectivity index (χ0v) is 16.0. The van der Waals surface area contributed by atoms with Gasteiger partial charge in [0.1, 0.15) is 0 Å². The monoisotopic (exact) mass is 405 g/mol. The fourth-order valence-electron chi connectivity index (χ4n) is 3.63. The maximum atomic E-state index is 13.5. The first-order valence-corrected chi connectivity index (χ1v) is 10.1. The van der Waals surface area contributed by atoms with Crippen molar-refractivity contribution in [2.24, 2.45) is 5.41 Å². The smallest absolute Gasteiger partial charge is 0.326 e. The SMILES string of the molecule is COC(=O)C1(C(=O)OC)[C@@H](c2cccs2)[C@]1(C#N)S(=O)(=O)c1ccccc1. The molecule has 2 aromatic rings. The maximum Gasteiger partial charge on any atom is 0.326 e. The molecule has 0 spiro atoms. The van der Waals surface area contributed by atoms with Gasteiger partial charge in [-0.3, -0.25) is 9.59 Å². The average Bonchev–Trinajstić information content (AvgIpc) is 3.01. The number of ether oxygens (including phenoxy) is 2. The Morgan fingerprint density at radius 3 is 2.11 bits per heavy atom. The molecule has 140 valence electrons. The first-order chi connectivity index (χ1) is 12.9. The molecule has 0 N–H and O–H groups in total. The number of nitriles is 1. The maximum absolute atomic E-state index is 13.5. The molecule has 1 aromatic heterocycles. The van der Waals surface area contributed by atoms with Crippen LogP contribution in [0.3, 0.4) is 0 Å². The number of sulfone groups is 1. The summed E-state index contributed by atoms with van der Waals surface area (Å²) >= 11 is 1.15. The summed E-state index contributed by atoms with van der Waals surface area (Å²) in [6.45, 7) is 0. The lowest BCUT2D eigenvalue weighted by atomic mass is 10.0. The van der Waals surface area contributed by atoms with E-state index in [1.807, 2.05) is 0 Å². The molecule has 7 nitrogen and oxygen atoms in total. The van der Waals surface area contributed by atoms with E-state index in [2.05, 4.69) is 0 Å². The second-order valence-electron chi connectivity index (χ2n) is 5.90. The highest BCUT2D eigenvalue weighted by Crippen LogP contribution is 2.74. The molecule has 0 unspecified atom stereocenters. The molecular formula is C18H15NO6S2. The van der Waals surface area contributed by atoms with Crippen molar-refractivity contribution in [2.45, 2.75) is 15.6 Å². The number of carbonyl (C=O) groups is 2. The molecule has 0 saturated heterocycles. The van der Waals surface area contributed by atoms with Gasteiger partial charge in [0, 0.05) is 4.88 Å². The van der Waals surface area contributed by atoms with Crippen molar-refractivity contribution in [3.63, 3.8) is 0 Å². The molecule has 0 aliphatic heterocycles. The number of rotatable bonds is 5. The molecule has 1 saturated carbocycles. The van der Waals surface area contributed by atoms with Gasteiger partial charge in [-0.05, 0) is 23.6 Å². The highest BCUT2D eigenvalue weighted by atomic mass is 32.2. The summed E-state index contributed by atoms with van der Waals surface area (Å²) in [5.74, 6) is -3.47. The van der Waals surface area contributed by atoms with Crippen molar-refractivity contribution in [3.05, 3.63) is 52.7 Å². The fourth-order valence-corrected chi connectivity index (χ4v) is 6.93. The highest BCUT2D eigenvalue weighted by Gasteiger charge is 2.93. The van der Waals surface area contributed by atoms with Gasteiger partial charge < -0.3 is 9.47 Å². The molecule has 0 bridgehead atoms. The van der Waals surface area contributed by atoms with E-state index in [-0.39, 0.29) is 4.90 Å². The Kier molecular flexibility index (Phi) is 4.57. The summed E-state index contributed by atoms with van der Waals surface area (Å²) in [4.78, 5) is 25.7. The minimum atomic E-state index is -4.43. The number of hydrogen-bond donors (Lipinski definition) is 0. The Morgan fingerprint density at radius 2 is 1.67 bits per heavy atom. The Balaban J connectivity index is 2.37. The van der Waals surface area contributed by atoms with Crippen LogP contribution in [0.25, 0.3) is 0 Å². The summed E-state index contributed by atoms with van der Waals surface area (Å²) in [5, 5.41) is 11.7. The molecule has 1 aromatic carbocycles. The number of carbonyl (C=O) groups excluding carboxylic acids is 2. The standard InChI is InChI=1S/C18H15NO6S2/c1-24-15(20)18(16(21)25-2)14(13-9-6-10-26-13)17(18,11-19)27(22,23)12-7-4-3-5-8-12/h3-10,14H,1-2H3/t14-,17-/m0/s1. The zero-order chi connectivity index (χ0) is 19.9. The van der Waals surface area contributed by atoms with Gasteiger partial charge in [0.05, 0.1) is 31.1 Å². The number of hydrogen-bond acceptors (Lipinski definition) is 8. The number of benzene rings is 1. The lowest BCUT2D eigenvalue weighted by Crippen LogP contribution is -2.40. The molecule has 1 aliphatic rings. The Hall–Kier alpha value is -2.70. The third-order valence-corrected chi connectivity index (χ3v) is 8.15. The Morgan fingerprint density at radius 1 is 1.07 bits per heavy atom. The summed E-state index contributed by atoms with van der Waals surface area (Å²) in [6.07, 6.45) is 0. The number of nitrogens with zero attached hydrogens (tertiary/aromatic N) is 1. The topological polar surface area (TPSA) is 111 Å². The first-order valence-electron chi connectivity index (χ1n) is 7.77. The minimum absolute atomic E-state index is 0.164. The predicted octanol–water partition coefficient (Wildman–Crippen LogP) is 1.91. The number of esters is 2. The molecule has 1 aliphatic carbocycles. The average molecular weight is 405 g/mol. The van der Waals surface area contributed by atoms with Crippen LogP contribution in [0.4, 0.5) is 0 Å². The second-order valence-corrected chi connectivity index (χ2v) is 9.01. The van der Waals surface area contributed by atoms with Gasteiger partial charge in [0.15, 0.2) is 14.6 Å². The van der Waals surface area contributed by atoms with Crippen molar-refractivity contribution in [2.75, 3.05) is 14.2 Å². The van der Waals surface area contributed by atoms with Crippen molar-refractivity contribution in [1.29, 1.82) is 5.26 Å². The normalized spacial score (nSPS) is 23.1. The highest BCUT2D eigenvalue weighted by molar-refractivity contribution is 7.93. The van der Waals surface area contributed by atoms with Gasteiger partial charge in [-0.2, -0.15) is 5.26 Å². The molecule has 0 amide bonds. The number of methoxy groups -OCH3 is 2. The Labute approximate surface area is 160 Å². The molecule has 3 rings (SSSR count). The van der Waals surface area contributed by atoms with Gasteiger partial charge in [-0.1, -0.05) is 24.3 Å². The van der Waals surface area contributed by atoms with Crippen LogP contribution in [0.5, 0.6) is 0 Å². The minimum Gasteiger partial charge on any atom is -0.468 e. The van der Waals surface area contributed by atoms with Gasteiger partial charge in [-0.15, -0.1) is 11.3 Å². The fraction of sp³-hybridized carbons (Fsp3) is 0.278. The summed E-state index contributed by atoms with van der Waals surface area (Å²) < 4.78 is 34.1. The summed E-state index contributed by atoms with van der Waals surface area (Å²) in [5.41, 5.74) is -2.30. The van der Waals surface area contributed by atoms with E-state index in [1.54, 1.807) is 29.6 Å². The van der Waals surface area contributed by atoms with Crippen LogP contribution in [0.1, 0.15) is 10.8 Å². The van der Waals surface area contributed by atoms with E-state index in [4.69, 9.17) is 9.47 Å². The van der Waals surface area contributed by atoms with Crippen molar-refractivity contribution in [3.8, 4) is 6.07 Å². The zero-order valence-electron chi connectivity index (χ0n) is 14.4. The van der Waals surface area contributed by atoms with Gasteiger partial charge >= 0.3 is 11.9 Å². The van der Waals surface area contributed by atoms with Crippen LogP contribution < -0.4 is 0 Å². The molecule has 9 heteroatoms. The Bertz CT molecular complexity index is 1010. The van der Waals surface area contributed by atoms with Crippen LogP contribution in [0, 0.1) is 16.7 Å². The molecule has 27 heavy (non-hydrogen) atoms. The van der Waals surface area contributed by atoms with E-state index < -0.39 is 37.9 Å². The van der Waals surface area contributed by atoms with Gasteiger partial charge in [-0.25, -0.2) is 8.42 Å². The summed E-state index contributed by atoms with van der Waals surface area (Å²) in [7, 11) is -2.36. The first kappa shape index (κ1) is 19.1. The predicted molar refractivity (Wildman–Crippen MR) is 95.5 cm³/mol. The van der Waals surface area contributed by atoms with Crippen molar-refractivity contribution in [1.82, 2.24) is 0 Å². The summed E-state index contributed by atoms with van der Waals surface area (Å²) in [6, 6.07) is 12.2. The van der Waals surface area contributed by atoms with Crippen LogP contribution in [0.2, 0.25) is 0 Å². The largest absolute Gasteiger partial charge is 0.468 e. The molecular weight excluding hydrogens is 390 g/mol. The third-order valence-electron chi connectivity index (χ3n) is 4.83.